The lowest BCUT2D eigenvalue weighted by Gasteiger charge is -2.61. The molecule has 0 saturated heterocycles. The number of carbonyl (C=O) groups excluding carboxylic acids is 1. The van der Waals surface area contributed by atoms with E-state index in [9.17, 15) is 9.90 Å². The van der Waals surface area contributed by atoms with Gasteiger partial charge in [0.2, 0.25) is 0 Å². The minimum Gasteiger partial charge on any atom is -0.390 e. The highest BCUT2D eigenvalue weighted by atomic mass is 16.3. The Balaban J connectivity index is 1.61. The zero-order chi connectivity index (χ0) is 16.5. The van der Waals surface area contributed by atoms with Crippen LogP contribution in [0.3, 0.4) is 0 Å². The first-order valence-electron chi connectivity index (χ1n) is 10.1. The van der Waals surface area contributed by atoms with Crippen molar-refractivity contribution in [3.05, 3.63) is 0 Å². The van der Waals surface area contributed by atoms with Crippen LogP contribution in [0.1, 0.15) is 85.0 Å². The summed E-state index contributed by atoms with van der Waals surface area (Å²) in [6.45, 7) is 6.95. The Morgan fingerprint density at radius 1 is 1.04 bits per heavy atom. The first-order valence-corrected chi connectivity index (χ1v) is 10.1. The van der Waals surface area contributed by atoms with Gasteiger partial charge in [0.25, 0.3) is 0 Å². The molecule has 4 saturated carbocycles. The fraction of sp³-hybridized carbons (Fsp3) is 0.952. The first kappa shape index (κ1) is 16.1. The average molecular weight is 319 g/mol. The van der Waals surface area contributed by atoms with Gasteiger partial charge in [0.05, 0.1) is 5.60 Å². The van der Waals surface area contributed by atoms with Gasteiger partial charge in [0.1, 0.15) is 5.78 Å². The Morgan fingerprint density at radius 2 is 1.83 bits per heavy atom. The van der Waals surface area contributed by atoms with Gasteiger partial charge in [-0.25, -0.2) is 0 Å². The Morgan fingerprint density at radius 3 is 2.57 bits per heavy atom. The second kappa shape index (κ2) is 5.07. The van der Waals surface area contributed by atoms with Crippen molar-refractivity contribution in [2.45, 2.75) is 90.6 Å². The number of hydrogen-bond acceptors (Lipinski definition) is 2. The molecule has 4 aliphatic rings. The van der Waals surface area contributed by atoms with Crippen LogP contribution in [0.5, 0.6) is 0 Å². The van der Waals surface area contributed by atoms with Gasteiger partial charge in [-0.15, -0.1) is 0 Å². The summed E-state index contributed by atoms with van der Waals surface area (Å²) in [6.07, 6.45) is 11.0. The molecule has 0 aromatic rings. The van der Waals surface area contributed by atoms with Crippen LogP contribution in [-0.4, -0.2) is 16.5 Å². The van der Waals surface area contributed by atoms with Crippen LogP contribution in [0.15, 0.2) is 0 Å². The summed E-state index contributed by atoms with van der Waals surface area (Å²) in [7, 11) is 0. The largest absolute Gasteiger partial charge is 0.390 e. The smallest absolute Gasteiger partial charge is 0.139 e. The van der Waals surface area contributed by atoms with E-state index in [1.807, 2.05) is 0 Å². The second-order valence-corrected chi connectivity index (χ2v) is 9.86. The Hall–Kier alpha value is -0.370. The van der Waals surface area contributed by atoms with Crippen LogP contribution in [-0.2, 0) is 4.79 Å². The van der Waals surface area contributed by atoms with Crippen LogP contribution in [0.2, 0.25) is 0 Å². The van der Waals surface area contributed by atoms with Crippen molar-refractivity contribution in [2.24, 2.45) is 34.5 Å². The van der Waals surface area contributed by atoms with Gasteiger partial charge in [0.15, 0.2) is 0 Å². The molecule has 0 spiro atoms. The molecule has 4 rings (SSSR count). The monoisotopic (exact) mass is 318 g/mol. The highest BCUT2D eigenvalue weighted by Crippen LogP contribution is 2.66. The predicted octanol–water partition coefficient (Wildman–Crippen LogP) is 4.74. The SMILES string of the molecule is CC[C@@]1(O)CC[C@@]2(C)[C@@H](CC[C@@H]3[C@@H]2CC[C@]2(C)C(=O)CC[C@@H]32)C1. The van der Waals surface area contributed by atoms with Crippen molar-refractivity contribution in [3.8, 4) is 0 Å². The third kappa shape index (κ3) is 2.12. The number of aliphatic hydroxyl groups is 1. The normalized spacial score (nSPS) is 55.9. The van der Waals surface area contributed by atoms with E-state index in [1.165, 1.54) is 25.7 Å². The molecule has 4 aliphatic carbocycles. The second-order valence-electron chi connectivity index (χ2n) is 9.86. The quantitative estimate of drug-likeness (QED) is 0.758. The van der Waals surface area contributed by atoms with E-state index >= 15 is 0 Å². The van der Waals surface area contributed by atoms with E-state index in [2.05, 4.69) is 20.8 Å². The molecule has 0 heterocycles. The first-order chi connectivity index (χ1) is 10.8. The van der Waals surface area contributed by atoms with Gasteiger partial charge in [-0.2, -0.15) is 0 Å². The topological polar surface area (TPSA) is 37.3 Å². The maximum Gasteiger partial charge on any atom is 0.139 e. The van der Waals surface area contributed by atoms with Gasteiger partial charge in [-0.1, -0.05) is 20.8 Å². The molecule has 2 nitrogen and oxygen atoms in total. The number of rotatable bonds is 1. The summed E-state index contributed by atoms with van der Waals surface area (Å²) in [4.78, 5) is 12.5. The lowest BCUT2D eigenvalue weighted by molar-refractivity contribution is -0.154. The maximum atomic E-state index is 12.5. The molecule has 2 heteroatoms. The van der Waals surface area contributed by atoms with Gasteiger partial charge >= 0.3 is 0 Å². The van der Waals surface area contributed by atoms with Crippen molar-refractivity contribution in [1.29, 1.82) is 0 Å². The summed E-state index contributed by atoms with van der Waals surface area (Å²) in [5.41, 5.74) is 0.0178. The van der Waals surface area contributed by atoms with Gasteiger partial charge in [0, 0.05) is 11.8 Å². The van der Waals surface area contributed by atoms with E-state index in [0.717, 1.165) is 50.4 Å². The van der Waals surface area contributed by atoms with Crippen LogP contribution >= 0.6 is 0 Å². The molecule has 23 heavy (non-hydrogen) atoms. The van der Waals surface area contributed by atoms with Gasteiger partial charge < -0.3 is 5.11 Å². The summed E-state index contributed by atoms with van der Waals surface area (Å²) < 4.78 is 0. The lowest BCUT2D eigenvalue weighted by Crippen LogP contribution is -2.55. The van der Waals surface area contributed by atoms with Crippen molar-refractivity contribution < 1.29 is 9.90 Å². The standard InChI is InChI=1S/C21H34O2/c1-4-21(23)12-11-19(2)14(13-21)5-6-15-16-7-8-18(22)20(16,3)10-9-17(15)19/h14-17,23H,4-13H2,1-3H3/t14-,15-,16-,17-,19-,20-,21+/m0/s1. The molecular weight excluding hydrogens is 284 g/mol. The molecule has 0 amide bonds. The summed E-state index contributed by atoms with van der Waals surface area (Å²) in [5.74, 6) is 3.47. The van der Waals surface area contributed by atoms with Crippen LogP contribution in [0.4, 0.5) is 0 Å². The molecule has 0 aromatic carbocycles. The number of fused-ring (bicyclic) bond motifs is 5. The minimum atomic E-state index is -0.399. The molecule has 7 atom stereocenters. The molecule has 0 radical (unpaired) electrons. The van der Waals surface area contributed by atoms with Crippen molar-refractivity contribution in [2.75, 3.05) is 0 Å². The van der Waals surface area contributed by atoms with E-state index in [1.54, 1.807) is 0 Å². The van der Waals surface area contributed by atoms with Gasteiger partial charge in [-0.05, 0) is 86.9 Å². The van der Waals surface area contributed by atoms with E-state index in [0.29, 0.717) is 23.0 Å². The zero-order valence-corrected chi connectivity index (χ0v) is 15.2. The van der Waals surface area contributed by atoms with Crippen molar-refractivity contribution in [1.82, 2.24) is 0 Å². The molecule has 0 bridgehead atoms. The maximum absolute atomic E-state index is 12.5. The molecule has 130 valence electrons. The Bertz CT molecular complexity index is 514. The lowest BCUT2D eigenvalue weighted by atomic mass is 9.44. The molecule has 0 unspecified atom stereocenters. The Labute approximate surface area is 141 Å². The Kier molecular flexibility index (Phi) is 3.55. The number of carbonyl (C=O) groups is 1. The minimum absolute atomic E-state index is 0.00316. The molecule has 0 aliphatic heterocycles. The predicted molar refractivity (Wildman–Crippen MR) is 92.0 cm³/mol. The summed E-state index contributed by atoms with van der Waals surface area (Å²) in [5, 5.41) is 10.8. The van der Waals surface area contributed by atoms with Crippen molar-refractivity contribution in [3.63, 3.8) is 0 Å². The molecular formula is C21H34O2. The van der Waals surface area contributed by atoms with E-state index in [-0.39, 0.29) is 5.41 Å². The van der Waals surface area contributed by atoms with Crippen LogP contribution in [0, 0.1) is 34.5 Å². The van der Waals surface area contributed by atoms with Crippen LogP contribution < -0.4 is 0 Å². The average Bonchev–Trinajstić information content (AvgIpc) is 2.84. The number of Topliss-reactive ketones (excluding diaryl/α,β-unsaturated/α-hetero) is 1. The van der Waals surface area contributed by atoms with Crippen molar-refractivity contribution >= 4 is 5.78 Å². The third-order valence-corrected chi connectivity index (χ3v) is 9.19. The highest BCUT2D eigenvalue weighted by molar-refractivity contribution is 5.87. The summed E-state index contributed by atoms with van der Waals surface area (Å²) >= 11 is 0. The molecule has 4 fully saturated rings. The fourth-order valence-corrected chi connectivity index (χ4v) is 7.41. The fourth-order valence-electron chi connectivity index (χ4n) is 7.41. The number of ketones is 1. The molecule has 1 N–H and O–H groups in total. The third-order valence-electron chi connectivity index (χ3n) is 9.19. The van der Waals surface area contributed by atoms with Crippen LogP contribution in [0.25, 0.3) is 0 Å². The van der Waals surface area contributed by atoms with E-state index in [4.69, 9.17) is 0 Å². The van der Waals surface area contributed by atoms with E-state index < -0.39 is 5.60 Å². The highest BCUT2D eigenvalue weighted by Gasteiger charge is 2.61. The molecule has 0 aromatic heterocycles. The van der Waals surface area contributed by atoms with Gasteiger partial charge in [-0.3, -0.25) is 4.79 Å². The zero-order valence-electron chi connectivity index (χ0n) is 15.2. The summed E-state index contributed by atoms with van der Waals surface area (Å²) in [6, 6.07) is 0. The number of hydrogen-bond donors (Lipinski definition) is 1.